The number of hydrogen-bond donors (Lipinski definition) is 0. The number of nitrogens with zero attached hydrogens (tertiary/aromatic N) is 6. The molecule has 4 rings (SSSR count). The first kappa shape index (κ1) is 24.6. The maximum absolute atomic E-state index is 13.1. The zero-order chi connectivity index (χ0) is 24.8. The predicted octanol–water partition coefficient (Wildman–Crippen LogP) is 3.44. The molecule has 0 saturated carbocycles. The van der Waals surface area contributed by atoms with E-state index in [1.807, 2.05) is 49.3 Å². The van der Waals surface area contributed by atoms with Crippen LogP contribution in [0.5, 0.6) is 5.75 Å². The van der Waals surface area contributed by atoms with E-state index in [1.165, 1.54) is 11.3 Å². The number of piperazine rings is 1. The van der Waals surface area contributed by atoms with Gasteiger partial charge in [-0.2, -0.15) is 0 Å². The Hall–Kier alpha value is -3.53. The Balaban J connectivity index is 1.36. The van der Waals surface area contributed by atoms with E-state index in [9.17, 15) is 9.59 Å². The lowest BCUT2D eigenvalue weighted by molar-refractivity contribution is 0.0746. The van der Waals surface area contributed by atoms with E-state index >= 15 is 0 Å². The first-order valence-corrected chi connectivity index (χ1v) is 12.8. The Kier molecular flexibility index (Phi) is 7.91. The summed E-state index contributed by atoms with van der Waals surface area (Å²) in [6, 6.07) is 7.41. The van der Waals surface area contributed by atoms with E-state index in [1.54, 1.807) is 23.4 Å². The van der Waals surface area contributed by atoms with Crippen LogP contribution in [-0.2, 0) is 0 Å². The molecule has 0 unspecified atom stereocenters. The molecule has 1 saturated heterocycles. The number of carbonyl (C=O) groups excluding carboxylic acids is 2. The largest absolute Gasteiger partial charge is 0.492 e. The van der Waals surface area contributed by atoms with Gasteiger partial charge in [0.05, 0.1) is 17.7 Å². The zero-order valence-electron chi connectivity index (χ0n) is 20.3. The first-order valence-electron chi connectivity index (χ1n) is 11.9. The van der Waals surface area contributed by atoms with Crippen LogP contribution in [0, 0.1) is 0 Å². The van der Waals surface area contributed by atoms with Crippen LogP contribution in [0.3, 0.4) is 0 Å². The van der Waals surface area contributed by atoms with Gasteiger partial charge in [0.15, 0.2) is 11.5 Å². The highest BCUT2D eigenvalue weighted by Crippen LogP contribution is 2.28. The summed E-state index contributed by atoms with van der Waals surface area (Å²) in [5, 5.41) is 10.4. The van der Waals surface area contributed by atoms with Gasteiger partial charge in [-0.25, -0.2) is 0 Å². The van der Waals surface area contributed by atoms with Crippen molar-refractivity contribution in [1.29, 1.82) is 0 Å². The van der Waals surface area contributed by atoms with E-state index in [0.717, 1.165) is 11.1 Å². The van der Waals surface area contributed by atoms with Crippen LogP contribution in [0.4, 0.5) is 5.82 Å². The molecule has 4 heterocycles. The quantitative estimate of drug-likeness (QED) is 0.474. The minimum Gasteiger partial charge on any atom is -0.492 e. The molecule has 3 aromatic heterocycles. The molecule has 0 aromatic carbocycles. The molecule has 1 aliphatic heterocycles. The lowest BCUT2D eigenvalue weighted by atomic mass is 10.1. The fraction of sp³-hybridized carbons (Fsp3) is 0.400. The molecular formula is C25H30N6O3S. The molecule has 1 aliphatic rings. The Morgan fingerprint density at radius 2 is 1.77 bits per heavy atom. The van der Waals surface area contributed by atoms with Gasteiger partial charge in [0, 0.05) is 51.0 Å². The van der Waals surface area contributed by atoms with Gasteiger partial charge in [-0.3, -0.25) is 14.6 Å². The molecule has 0 aliphatic carbocycles. The van der Waals surface area contributed by atoms with Gasteiger partial charge in [-0.05, 0) is 56.0 Å². The second kappa shape index (κ2) is 11.3. The Morgan fingerprint density at radius 1 is 1.00 bits per heavy atom. The van der Waals surface area contributed by atoms with Crippen molar-refractivity contribution in [3.63, 3.8) is 0 Å². The molecule has 3 aromatic rings. The van der Waals surface area contributed by atoms with Crippen molar-refractivity contribution < 1.29 is 14.3 Å². The minimum absolute atomic E-state index is 0.0288. The molecule has 2 amide bonds. The van der Waals surface area contributed by atoms with Gasteiger partial charge in [-0.15, -0.1) is 21.5 Å². The summed E-state index contributed by atoms with van der Waals surface area (Å²) in [4.78, 5) is 36.2. The molecule has 9 nitrogen and oxygen atoms in total. The molecule has 10 heteroatoms. The Morgan fingerprint density at radius 3 is 2.43 bits per heavy atom. The second-order valence-corrected chi connectivity index (χ2v) is 8.99. The number of carbonyl (C=O) groups is 2. The van der Waals surface area contributed by atoms with Crippen LogP contribution < -0.4 is 9.64 Å². The molecule has 0 spiro atoms. The average molecular weight is 495 g/mol. The number of thiophene rings is 1. The molecule has 0 radical (unpaired) electrons. The third-order valence-electron chi connectivity index (χ3n) is 5.98. The van der Waals surface area contributed by atoms with Gasteiger partial charge < -0.3 is 19.4 Å². The summed E-state index contributed by atoms with van der Waals surface area (Å²) in [5.41, 5.74) is 2.24. The van der Waals surface area contributed by atoms with E-state index in [0.29, 0.717) is 68.0 Å². The summed E-state index contributed by atoms with van der Waals surface area (Å²) in [6.45, 7) is 10.2. The SMILES string of the molecule is CCOc1cncc(-c2csc(C(=O)N3CCN(c4ccc(C(=O)N(CC)CC)nn4)CC3)c2)c1. The van der Waals surface area contributed by atoms with E-state index in [-0.39, 0.29) is 11.8 Å². The van der Waals surface area contributed by atoms with Crippen LogP contribution in [0.2, 0.25) is 0 Å². The normalized spacial score (nSPS) is 13.6. The van der Waals surface area contributed by atoms with Crippen molar-refractivity contribution in [2.45, 2.75) is 20.8 Å². The van der Waals surface area contributed by atoms with Crippen LogP contribution in [0.15, 0.2) is 42.0 Å². The average Bonchev–Trinajstić information content (AvgIpc) is 3.40. The standard InChI is InChI=1S/C25H30N6O3S/c1-4-29(5-2)24(32)21-7-8-23(28-27-21)30-9-11-31(12-10-30)25(33)22-14-19(17-35-22)18-13-20(34-6-3)16-26-15-18/h7-8,13-17H,4-6,9-12H2,1-3H3. The lowest BCUT2D eigenvalue weighted by Crippen LogP contribution is -2.49. The van der Waals surface area contributed by atoms with Crippen LogP contribution in [0.25, 0.3) is 11.1 Å². The zero-order valence-corrected chi connectivity index (χ0v) is 21.1. The summed E-state index contributed by atoms with van der Waals surface area (Å²) in [6.07, 6.45) is 3.46. The van der Waals surface area contributed by atoms with Gasteiger partial charge >= 0.3 is 0 Å². The van der Waals surface area contributed by atoms with Crippen LogP contribution >= 0.6 is 11.3 Å². The van der Waals surface area contributed by atoms with E-state index in [2.05, 4.69) is 20.1 Å². The summed E-state index contributed by atoms with van der Waals surface area (Å²) in [5.74, 6) is 1.35. The van der Waals surface area contributed by atoms with Crippen molar-refractivity contribution in [2.24, 2.45) is 0 Å². The highest BCUT2D eigenvalue weighted by molar-refractivity contribution is 7.12. The van der Waals surface area contributed by atoms with Crippen molar-refractivity contribution >= 4 is 29.0 Å². The third kappa shape index (κ3) is 5.59. The molecule has 0 N–H and O–H groups in total. The van der Waals surface area contributed by atoms with Gasteiger partial charge in [0.25, 0.3) is 11.8 Å². The molecule has 35 heavy (non-hydrogen) atoms. The van der Waals surface area contributed by atoms with E-state index in [4.69, 9.17) is 4.74 Å². The number of amides is 2. The lowest BCUT2D eigenvalue weighted by Gasteiger charge is -2.35. The fourth-order valence-electron chi connectivity index (χ4n) is 4.00. The number of ether oxygens (including phenoxy) is 1. The van der Waals surface area contributed by atoms with Gasteiger partial charge in [0.1, 0.15) is 5.75 Å². The Labute approximate surface area is 209 Å². The molecule has 0 atom stereocenters. The molecule has 1 fully saturated rings. The molecule has 184 valence electrons. The monoisotopic (exact) mass is 494 g/mol. The van der Waals surface area contributed by atoms with Crippen LogP contribution in [0.1, 0.15) is 40.9 Å². The van der Waals surface area contributed by atoms with Crippen LogP contribution in [-0.4, -0.2) is 82.7 Å². The number of pyridine rings is 1. The maximum atomic E-state index is 13.1. The third-order valence-corrected chi connectivity index (χ3v) is 6.90. The first-order chi connectivity index (χ1) is 17.0. The summed E-state index contributed by atoms with van der Waals surface area (Å²) >= 11 is 1.44. The fourth-order valence-corrected chi connectivity index (χ4v) is 4.88. The Bertz CT molecular complexity index is 1150. The number of aromatic nitrogens is 3. The summed E-state index contributed by atoms with van der Waals surface area (Å²) in [7, 11) is 0. The highest BCUT2D eigenvalue weighted by atomic mass is 32.1. The second-order valence-electron chi connectivity index (χ2n) is 8.08. The van der Waals surface area contributed by atoms with Crippen molar-refractivity contribution in [3.05, 3.63) is 52.6 Å². The van der Waals surface area contributed by atoms with Gasteiger partial charge in [-0.1, -0.05) is 0 Å². The topological polar surface area (TPSA) is 91.8 Å². The minimum atomic E-state index is -0.111. The molecular weight excluding hydrogens is 464 g/mol. The number of anilines is 1. The number of hydrogen-bond acceptors (Lipinski definition) is 8. The van der Waals surface area contributed by atoms with E-state index < -0.39 is 0 Å². The van der Waals surface area contributed by atoms with Crippen molar-refractivity contribution in [3.8, 4) is 16.9 Å². The number of rotatable bonds is 8. The van der Waals surface area contributed by atoms with Crippen molar-refractivity contribution in [2.75, 3.05) is 50.8 Å². The smallest absolute Gasteiger partial charge is 0.274 e. The maximum Gasteiger partial charge on any atom is 0.274 e. The molecule has 0 bridgehead atoms. The summed E-state index contributed by atoms with van der Waals surface area (Å²) < 4.78 is 5.54. The highest BCUT2D eigenvalue weighted by Gasteiger charge is 2.25. The van der Waals surface area contributed by atoms with Gasteiger partial charge in [0.2, 0.25) is 0 Å². The predicted molar refractivity (Wildman–Crippen MR) is 136 cm³/mol. The van der Waals surface area contributed by atoms with Crippen molar-refractivity contribution in [1.82, 2.24) is 25.0 Å².